The smallest absolute Gasteiger partial charge is 0.321 e. The van der Waals surface area contributed by atoms with E-state index in [0.717, 1.165) is 10.8 Å². The highest BCUT2D eigenvalue weighted by Gasteiger charge is 2.19. The van der Waals surface area contributed by atoms with Crippen molar-refractivity contribution in [2.45, 2.75) is 17.9 Å². The van der Waals surface area contributed by atoms with Gasteiger partial charge in [0, 0.05) is 10.6 Å². The predicted molar refractivity (Wildman–Crippen MR) is 105 cm³/mol. The first-order valence-electron chi connectivity index (χ1n) is 8.29. The number of carbonyl (C=O) groups is 1. The van der Waals surface area contributed by atoms with Gasteiger partial charge in [-0.2, -0.15) is 4.72 Å². The van der Waals surface area contributed by atoms with E-state index in [0.29, 0.717) is 10.6 Å². The highest BCUT2D eigenvalue weighted by atomic mass is 35.5. The molecule has 0 unspecified atom stereocenters. The van der Waals surface area contributed by atoms with E-state index in [2.05, 4.69) is 4.72 Å². The van der Waals surface area contributed by atoms with Crippen molar-refractivity contribution in [3.05, 3.63) is 77.3 Å². The maximum Gasteiger partial charge on any atom is 0.321 e. The van der Waals surface area contributed by atoms with Gasteiger partial charge in [-0.05, 0) is 35.9 Å². The number of halogens is 1. The summed E-state index contributed by atoms with van der Waals surface area (Å²) in [5, 5.41) is 2.22. The van der Waals surface area contributed by atoms with Crippen LogP contribution in [0.25, 0.3) is 10.8 Å². The highest BCUT2D eigenvalue weighted by Crippen LogP contribution is 2.25. The quantitative estimate of drug-likeness (QED) is 0.629. The lowest BCUT2D eigenvalue weighted by molar-refractivity contribution is -0.147. The zero-order chi connectivity index (χ0) is 19.4. The van der Waals surface area contributed by atoms with Crippen LogP contribution in [0.4, 0.5) is 0 Å². The molecule has 3 aromatic carbocycles. The molecule has 7 heteroatoms. The molecule has 1 atom stereocenters. The minimum Gasteiger partial charge on any atom is -0.457 e. The molecule has 0 radical (unpaired) electrons. The Hall–Kier alpha value is -2.41. The predicted octanol–water partition coefficient (Wildman–Crippen LogP) is 4.08. The Morgan fingerprint density at radius 3 is 2.44 bits per heavy atom. The largest absolute Gasteiger partial charge is 0.457 e. The van der Waals surface area contributed by atoms with Gasteiger partial charge in [0.25, 0.3) is 0 Å². The Labute approximate surface area is 163 Å². The van der Waals surface area contributed by atoms with E-state index < -0.39 is 28.6 Å². The Morgan fingerprint density at radius 1 is 1.04 bits per heavy atom. The third-order valence-corrected chi connectivity index (χ3v) is 5.83. The van der Waals surface area contributed by atoms with Crippen LogP contribution >= 0.6 is 11.6 Å². The molecular formula is C20H18ClNO4S. The first-order valence-corrected chi connectivity index (χ1v) is 10.2. The molecule has 0 bridgehead atoms. The summed E-state index contributed by atoms with van der Waals surface area (Å²) in [5.74, 6) is -0.688. The van der Waals surface area contributed by atoms with E-state index in [1.807, 2.05) is 24.3 Å². The summed E-state index contributed by atoms with van der Waals surface area (Å²) >= 11 is 6.08. The topological polar surface area (TPSA) is 72.5 Å². The number of nitrogens with one attached hydrogen (secondary N) is 1. The molecule has 0 heterocycles. The highest BCUT2D eigenvalue weighted by molar-refractivity contribution is 7.89. The van der Waals surface area contributed by atoms with E-state index >= 15 is 0 Å². The summed E-state index contributed by atoms with van der Waals surface area (Å²) in [6.45, 7) is 1.21. The number of ether oxygens (including phenoxy) is 1. The standard InChI is InChI=1S/C20H18ClNO4S/c1-14(18-8-4-5-9-19(18)21)26-20(23)13-22-27(24,25)17-11-10-15-6-2-3-7-16(15)12-17/h2-12,14,22H,13H2,1H3/t14-/m1/s1. The van der Waals surface area contributed by atoms with Crippen molar-refractivity contribution in [2.24, 2.45) is 0 Å². The molecule has 3 rings (SSSR count). The molecule has 1 N–H and O–H groups in total. The first kappa shape index (κ1) is 19.4. The molecule has 5 nitrogen and oxygen atoms in total. The van der Waals surface area contributed by atoms with Gasteiger partial charge in [-0.3, -0.25) is 4.79 Å². The molecule has 0 spiro atoms. The Kier molecular flexibility index (Phi) is 5.79. The number of sulfonamides is 1. The number of carbonyl (C=O) groups excluding carboxylic acids is 1. The lowest BCUT2D eigenvalue weighted by Gasteiger charge is -2.15. The van der Waals surface area contributed by atoms with Crippen LogP contribution in [0.15, 0.2) is 71.6 Å². The second-order valence-electron chi connectivity index (χ2n) is 5.99. The van der Waals surface area contributed by atoms with E-state index in [1.165, 1.54) is 6.07 Å². The monoisotopic (exact) mass is 403 g/mol. The summed E-state index contributed by atoms with van der Waals surface area (Å²) in [7, 11) is -3.83. The van der Waals surface area contributed by atoms with E-state index in [9.17, 15) is 13.2 Å². The summed E-state index contributed by atoms with van der Waals surface area (Å²) in [6, 6.07) is 19.2. The van der Waals surface area contributed by atoms with E-state index in [4.69, 9.17) is 16.3 Å². The van der Waals surface area contributed by atoms with Crippen LogP contribution in [0.1, 0.15) is 18.6 Å². The Bertz CT molecular complexity index is 1080. The van der Waals surface area contributed by atoms with Crippen LogP contribution in [0.2, 0.25) is 5.02 Å². The summed E-state index contributed by atoms with van der Waals surface area (Å²) in [5.41, 5.74) is 0.657. The summed E-state index contributed by atoms with van der Waals surface area (Å²) in [6.07, 6.45) is -0.587. The van der Waals surface area contributed by atoms with Crippen molar-refractivity contribution < 1.29 is 17.9 Å². The molecular weight excluding hydrogens is 386 g/mol. The lowest BCUT2D eigenvalue weighted by Crippen LogP contribution is -2.31. The number of benzene rings is 3. The van der Waals surface area contributed by atoms with Gasteiger partial charge in [0.05, 0.1) is 4.90 Å². The zero-order valence-corrected chi connectivity index (χ0v) is 16.1. The molecule has 27 heavy (non-hydrogen) atoms. The van der Waals surface area contributed by atoms with E-state index in [-0.39, 0.29) is 4.90 Å². The Balaban J connectivity index is 1.65. The third kappa shape index (κ3) is 4.66. The lowest BCUT2D eigenvalue weighted by atomic mass is 10.1. The third-order valence-electron chi connectivity index (χ3n) is 4.09. The van der Waals surface area contributed by atoms with Crippen LogP contribution < -0.4 is 4.72 Å². The van der Waals surface area contributed by atoms with Crippen molar-refractivity contribution in [3.8, 4) is 0 Å². The number of rotatable bonds is 6. The van der Waals surface area contributed by atoms with Crippen molar-refractivity contribution in [1.29, 1.82) is 0 Å². The van der Waals surface area contributed by atoms with Crippen molar-refractivity contribution in [3.63, 3.8) is 0 Å². The summed E-state index contributed by atoms with van der Waals surface area (Å²) < 4.78 is 32.4. The second-order valence-corrected chi connectivity index (χ2v) is 8.16. The van der Waals surface area contributed by atoms with Gasteiger partial charge in [-0.15, -0.1) is 0 Å². The van der Waals surface area contributed by atoms with Gasteiger partial charge in [0.1, 0.15) is 12.6 Å². The van der Waals surface area contributed by atoms with E-state index in [1.54, 1.807) is 43.3 Å². The number of hydrogen-bond donors (Lipinski definition) is 1. The number of hydrogen-bond acceptors (Lipinski definition) is 4. The zero-order valence-electron chi connectivity index (χ0n) is 14.6. The minimum atomic E-state index is -3.83. The first-order chi connectivity index (χ1) is 12.9. The average Bonchev–Trinajstić information content (AvgIpc) is 2.66. The molecule has 3 aromatic rings. The van der Waals surface area contributed by atoms with Crippen LogP contribution in [0, 0.1) is 0 Å². The van der Waals surface area contributed by atoms with Crippen LogP contribution in [-0.2, 0) is 19.6 Å². The van der Waals surface area contributed by atoms with Gasteiger partial charge in [-0.25, -0.2) is 8.42 Å². The average molecular weight is 404 g/mol. The molecule has 0 saturated carbocycles. The van der Waals surface area contributed by atoms with Gasteiger partial charge < -0.3 is 4.74 Å². The Morgan fingerprint density at radius 2 is 1.70 bits per heavy atom. The fraction of sp³-hybridized carbons (Fsp3) is 0.150. The molecule has 140 valence electrons. The van der Waals surface area contributed by atoms with Crippen LogP contribution in [0.5, 0.6) is 0 Å². The van der Waals surface area contributed by atoms with Crippen molar-refractivity contribution >= 4 is 38.4 Å². The second kappa shape index (κ2) is 8.08. The van der Waals surface area contributed by atoms with Gasteiger partial charge in [-0.1, -0.05) is 60.1 Å². The van der Waals surface area contributed by atoms with Crippen molar-refractivity contribution in [2.75, 3.05) is 6.54 Å². The van der Waals surface area contributed by atoms with Gasteiger partial charge in [0.15, 0.2) is 0 Å². The molecule has 0 saturated heterocycles. The molecule has 0 aromatic heterocycles. The number of fused-ring (bicyclic) bond motifs is 1. The van der Waals surface area contributed by atoms with Gasteiger partial charge in [0.2, 0.25) is 10.0 Å². The minimum absolute atomic E-state index is 0.0909. The molecule has 0 amide bonds. The normalized spacial score (nSPS) is 12.7. The van der Waals surface area contributed by atoms with Crippen LogP contribution in [-0.4, -0.2) is 20.9 Å². The fourth-order valence-corrected chi connectivity index (χ4v) is 3.97. The molecule has 0 aliphatic carbocycles. The SMILES string of the molecule is C[C@@H](OC(=O)CNS(=O)(=O)c1ccc2ccccc2c1)c1ccccc1Cl. The molecule has 0 fully saturated rings. The fourth-order valence-electron chi connectivity index (χ4n) is 2.68. The molecule has 0 aliphatic rings. The number of esters is 1. The summed E-state index contributed by atoms with van der Waals surface area (Å²) in [4.78, 5) is 12.1. The molecule has 0 aliphatic heterocycles. The van der Waals surface area contributed by atoms with Crippen LogP contribution in [0.3, 0.4) is 0 Å². The maximum atomic E-state index is 12.5. The van der Waals surface area contributed by atoms with Gasteiger partial charge >= 0.3 is 5.97 Å². The maximum absolute atomic E-state index is 12.5. The van der Waals surface area contributed by atoms with Crippen molar-refractivity contribution in [1.82, 2.24) is 4.72 Å².